The van der Waals surface area contributed by atoms with E-state index in [1.54, 1.807) is 18.2 Å². The van der Waals surface area contributed by atoms with Crippen LogP contribution < -0.4 is 25.8 Å². The fraction of sp³-hybridized carbons (Fsp3) is 0.514. The van der Waals surface area contributed by atoms with Crippen molar-refractivity contribution in [2.24, 2.45) is 5.92 Å². The molecular formula is C35H43F2N7O6. The summed E-state index contributed by atoms with van der Waals surface area (Å²) in [6.07, 6.45) is 5.38. The second-order valence-electron chi connectivity index (χ2n) is 13.3. The summed E-state index contributed by atoms with van der Waals surface area (Å²) in [4.78, 5) is 58.8. The van der Waals surface area contributed by atoms with Crippen molar-refractivity contribution in [1.29, 1.82) is 0 Å². The first-order chi connectivity index (χ1) is 24.2. The molecule has 4 N–H and O–H groups in total. The van der Waals surface area contributed by atoms with Gasteiger partial charge in [0.15, 0.2) is 0 Å². The van der Waals surface area contributed by atoms with Gasteiger partial charge in [0.2, 0.25) is 11.8 Å². The predicted octanol–water partition coefficient (Wildman–Crippen LogP) is 2.74. The number of piperidine rings is 2. The van der Waals surface area contributed by atoms with Crippen molar-refractivity contribution in [2.75, 3.05) is 62.6 Å². The number of anilines is 2. The normalized spacial score (nSPS) is 20.6. The molecule has 268 valence electrons. The quantitative estimate of drug-likeness (QED) is 0.183. The van der Waals surface area contributed by atoms with Gasteiger partial charge in [-0.2, -0.15) is 0 Å². The van der Waals surface area contributed by atoms with Gasteiger partial charge in [-0.1, -0.05) is 0 Å². The van der Waals surface area contributed by atoms with Crippen LogP contribution in [0.15, 0.2) is 35.1 Å². The molecular weight excluding hydrogens is 652 g/mol. The molecule has 3 aromatic rings. The minimum absolute atomic E-state index is 0.0336. The van der Waals surface area contributed by atoms with Crippen LogP contribution in [0.3, 0.4) is 0 Å². The third-order valence-corrected chi connectivity index (χ3v) is 9.89. The van der Waals surface area contributed by atoms with Gasteiger partial charge in [0.05, 0.1) is 17.8 Å². The van der Waals surface area contributed by atoms with Crippen molar-refractivity contribution < 1.29 is 33.0 Å². The van der Waals surface area contributed by atoms with Crippen LogP contribution in [0.25, 0.3) is 10.9 Å². The van der Waals surface area contributed by atoms with E-state index in [1.165, 1.54) is 12.1 Å². The molecule has 1 saturated carbocycles. The molecule has 2 amide bonds. The largest absolute Gasteiger partial charge is 0.493 e. The summed E-state index contributed by atoms with van der Waals surface area (Å²) >= 11 is 0. The van der Waals surface area contributed by atoms with E-state index in [4.69, 9.17) is 14.6 Å². The molecule has 0 radical (unpaired) electrons. The number of carbonyl (C=O) groups excluding carboxylic acids is 2. The van der Waals surface area contributed by atoms with Crippen molar-refractivity contribution >= 4 is 40.6 Å². The van der Waals surface area contributed by atoms with Gasteiger partial charge in [-0.05, 0) is 56.2 Å². The number of amides is 2. The summed E-state index contributed by atoms with van der Waals surface area (Å²) in [6.45, 7) is 6.26. The Labute approximate surface area is 288 Å². The molecule has 1 aliphatic carbocycles. The molecule has 7 rings (SSSR count). The number of carbonyl (C=O) groups is 3. The molecule has 1 atom stereocenters. The molecule has 15 heteroatoms. The van der Waals surface area contributed by atoms with Gasteiger partial charge in [-0.3, -0.25) is 29.4 Å². The van der Waals surface area contributed by atoms with E-state index in [-0.39, 0.29) is 35.9 Å². The molecule has 4 aliphatic rings. The first-order valence-corrected chi connectivity index (χ1v) is 17.2. The summed E-state index contributed by atoms with van der Waals surface area (Å²) < 4.78 is 35.6. The summed E-state index contributed by atoms with van der Waals surface area (Å²) in [7, 11) is 0. The number of rotatable bonds is 10. The first kappa shape index (κ1) is 35.2. The number of ether oxygens (including phenoxy) is 1. The van der Waals surface area contributed by atoms with Crippen LogP contribution in [0.1, 0.15) is 44.3 Å². The molecule has 3 aliphatic heterocycles. The Morgan fingerprint density at radius 3 is 2.38 bits per heavy atom. The Kier molecular flexibility index (Phi) is 11.2. The van der Waals surface area contributed by atoms with E-state index in [2.05, 4.69) is 35.3 Å². The second kappa shape index (κ2) is 15.9. The fourth-order valence-electron chi connectivity index (χ4n) is 6.92. The fourth-order valence-corrected chi connectivity index (χ4v) is 6.92. The van der Waals surface area contributed by atoms with E-state index in [0.29, 0.717) is 59.9 Å². The van der Waals surface area contributed by atoms with Gasteiger partial charge in [-0.15, -0.1) is 0 Å². The Morgan fingerprint density at radius 1 is 0.960 bits per heavy atom. The van der Waals surface area contributed by atoms with Gasteiger partial charge in [0.25, 0.3) is 12.0 Å². The molecule has 3 saturated heterocycles. The van der Waals surface area contributed by atoms with Crippen LogP contribution in [0.2, 0.25) is 0 Å². The number of aromatic nitrogens is 2. The Balaban J connectivity index is 0.00000139. The number of hydrogen-bond acceptors (Lipinski definition) is 10. The lowest BCUT2D eigenvalue weighted by atomic mass is 10.0. The number of fused-ring (bicyclic) bond motifs is 1. The van der Waals surface area contributed by atoms with Gasteiger partial charge in [0, 0.05) is 82.5 Å². The number of halogens is 2. The Bertz CT molecular complexity index is 1750. The van der Waals surface area contributed by atoms with Crippen LogP contribution >= 0.6 is 0 Å². The van der Waals surface area contributed by atoms with E-state index in [9.17, 15) is 18.8 Å². The molecule has 50 heavy (non-hydrogen) atoms. The minimum atomic E-state index is -0.613. The molecule has 4 heterocycles. The summed E-state index contributed by atoms with van der Waals surface area (Å²) in [5, 5.41) is 12.2. The van der Waals surface area contributed by atoms with E-state index >= 15 is 4.39 Å². The highest BCUT2D eigenvalue weighted by Gasteiger charge is 2.30. The second-order valence-corrected chi connectivity index (χ2v) is 13.3. The maximum absolute atomic E-state index is 15.1. The molecule has 1 unspecified atom stereocenters. The van der Waals surface area contributed by atoms with Gasteiger partial charge < -0.3 is 29.9 Å². The van der Waals surface area contributed by atoms with Gasteiger partial charge >= 0.3 is 0 Å². The van der Waals surface area contributed by atoms with Crippen molar-refractivity contribution in [3.05, 3.63) is 58.1 Å². The number of aromatic amines is 1. The highest BCUT2D eigenvalue weighted by atomic mass is 19.1. The van der Waals surface area contributed by atoms with E-state index in [1.807, 2.05) is 0 Å². The van der Waals surface area contributed by atoms with Crippen molar-refractivity contribution in [3.63, 3.8) is 0 Å². The molecule has 13 nitrogen and oxygen atoms in total. The smallest absolute Gasteiger partial charge is 0.290 e. The third kappa shape index (κ3) is 8.74. The van der Waals surface area contributed by atoms with Crippen molar-refractivity contribution in [2.45, 2.75) is 57.0 Å². The topological polar surface area (TPSA) is 160 Å². The number of H-pyrrole nitrogens is 1. The standard InChI is InChI=1S/C34H41F2N7O4.CH2O2/c35-25-17-22(37-27-4-6-31(44)40-33(27)45)3-5-29(25)43-11-7-23(8-12-43)42-15-13-41(14-16-42)10-9-30-38-28-19-24(47-20-21-1-2-21)18-26(36)32(28)34(46)39-30;2-1-3/h3,5,17-19,21,23,27,37H,1-2,4,6-16,20H2,(H,38,39,46)(H,40,44,45);1H,(H,2,3). The minimum Gasteiger partial charge on any atom is -0.493 e. The molecule has 4 fully saturated rings. The van der Waals surface area contributed by atoms with Crippen molar-refractivity contribution in [1.82, 2.24) is 25.1 Å². The first-order valence-electron chi connectivity index (χ1n) is 17.2. The number of imide groups is 1. The zero-order chi connectivity index (χ0) is 35.2. The molecule has 0 bridgehead atoms. The highest BCUT2D eigenvalue weighted by Crippen LogP contribution is 2.31. The number of nitrogens with zero attached hydrogens (tertiary/aromatic N) is 4. The number of carboxylic acid groups (broad SMARTS) is 1. The Morgan fingerprint density at radius 2 is 1.70 bits per heavy atom. The summed E-state index contributed by atoms with van der Waals surface area (Å²) in [6, 6.07) is 7.79. The summed E-state index contributed by atoms with van der Waals surface area (Å²) in [5.41, 5.74) is 0.942. The van der Waals surface area contributed by atoms with Crippen LogP contribution in [0.5, 0.6) is 5.75 Å². The molecule has 2 aromatic carbocycles. The number of nitrogens with one attached hydrogen (secondary N) is 3. The maximum atomic E-state index is 15.1. The lowest BCUT2D eigenvalue weighted by Gasteiger charge is -2.43. The number of hydrogen-bond donors (Lipinski definition) is 4. The highest BCUT2D eigenvalue weighted by molar-refractivity contribution is 6.01. The molecule has 0 spiro atoms. The monoisotopic (exact) mass is 695 g/mol. The molecule has 1 aromatic heterocycles. The van der Waals surface area contributed by atoms with E-state index in [0.717, 1.165) is 71.5 Å². The third-order valence-electron chi connectivity index (χ3n) is 9.89. The average Bonchev–Trinajstić information content (AvgIpc) is 3.93. The predicted molar refractivity (Wildman–Crippen MR) is 182 cm³/mol. The van der Waals surface area contributed by atoms with Crippen LogP contribution in [0.4, 0.5) is 20.2 Å². The van der Waals surface area contributed by atoms with Crippen LogP contribution in [-0.4, -0.2) is 108 Å². The van der Waals surface area contributed by atoms with E-state index < -0.39 is 17.4 Å². The van der Waals surface area contributed by atoms with Crippen LogP contribution in [-0.2, 0) is 20.8 Å². The maximum Gasteiger partial charge on any atom is 0.290 e. The number of benzene rings is 2. The van der Waals surface area contributed by atoms with Gasteiger partial charge in [0.1, 0.15) is 34.6 Å². The summed E-state index contributed by atoms with van der Waals surface area (Å²) in [5.74, 6) is -0.110. The number of piperazine rings is 1. The lowest BCUT2D eigenvalue weighted by Crippen LogP contribution is -2.53. The Hall–Kier alpha value is -4.63. The van der Waals surface area contributed by atoms with Crippen molar-refractivity contribution in [3.8, 4) is 5.75 Å². The lowest BCUT2D eigenvalue weighted by molar-refractivity contribution is -0.133. The SMILES string of the molecule is O=C1CCC(Nc2ccc(N3CCC(N4CCN(CCc5nc6cc(OCC7CC7)cc(F)c6c(=O)[nH]5)CC4)CC3)c(F)c2)C(=O)N1.O=CO. The zero-order valence-corrected chi connectivity index (χ0v) is 27.8. The zero-order valence-electron chi connectivity index (χ0n) is 27.8. The van der Waals surface area contributed by atoms with Gasteiger partial charge in [-0.25, -0.2) is 13.8 Å². The van der Waals surface area contributed by atoms with Crippen LogP contribution in [0, 0.1) is 17.6 Å². The average molecular weight is 696 g/mol.